The van der Waals surface area contributed by atoms with E-state index in [9.17, 15) is 4.79 Å². The normalized spacial score (nSPS) is 10.4. The lowest BCUT2D eigenvalue weighted by Gasteiger charge is -2.11. The highest BCUT2D eigenvalue weighted by Crippen LogP contribution is 2.35. The van der Waals surface area contributed by atoms with Crippen molar-refractivity contribution in [2.24, 2.45) is 0 Å². The molecule has 6 heteroatoms. The molecule has 0 aliphatic heterocycles. The molecule has 0 aliphatic carbocycles. The molecule has 0 unspecified atom stereocenters. The molecule has 0 bridgehead atoms. The molecule has 98 valence electrons. The number of halogens is 2. The third-order valence-corrected chi connectivity index (χ3v) is 3.16. The minimum absolute atomic E-state index is 0.199. The second kappa shape index (κ2) is 5.47. The lowest BCUT2D eigenvalue weighted by molar-refractivity contribution is -0.136. The predicted molar refractivity (Wildman–Crippen MR) is 75.4 cm³/mol. The maximum Gasteiger partial charge on any atom is 0.307 e. The van der Waals surface area contributed by atoms with Crippen LogP contribution in [0.25, 0.3) is 11.3 Å². The number of pyridine rings is 1. The van der Waals surface area contributed by atoms with Gasteiger partial charge in [-0.1, -0.05) is 29.3 Å². The number of rotatable bonds is 3. The number of hydrogen-bond acceptors (Lipinski definition) is 3. The maximum atomic E-state index is 10.9. The quantitative estimate of drug-likeness (QED) is 0.911. The largest absolute Gasteiger partial charge is 0.481 e. The number of anilines is 1. The monoisotopic (exact) mass is 296 g/mol. The van der Waals surface area contributed by atoms with E-state index in [-0.39, 0.29) is 6.42 Å². The molecule has 0 radical (unpaired) electrons. The van der Waals surface area contributed by atoms with Crippen molar-refractivity contribution in [2.45, 2.75) is 6.42 Å². The molecule has 0 saturated heterocycles. The Morgan fingerprint density at radius 2 is 1.95 bits per heavy atom. The van der Waals surface area contributed by atoms with Crippen molar-refractivity contribution in [1.29, 1.82) is 0 Å². The van der Waals surface area contributed by atoms with E-state index in [4.69, 9.17) is 34.0 Å². The summed E-state index contributed by atoms with van der Waals surface area (Å²) in [6.07, 6.45) is 1.25. The second-order valence-electron chi connectivity index (χ2n) is 3.94. The fraction of sp³-hybridized carbons (Fsp3) is 0.0769. The Kier molecular flexibility index (Phi) is 3.93. The van der Waals surface area contributed by atoms with Gasteiger partial charge in [0.25, 0.3) is 0 Å². The predicted octanol–water partition coefficient (Wildman–Crippen LogP) is 3.26. The van der Waals surface area contributed by atoms with Crippen molar-refractivity contribution < 1.29 is 9.90 Å². The number of carbonyl (C=O) groups is 1. The average molecular weight is 297 g/mol. The topological polar surface area (TPSA) is 76.2 Å². The SMILES string of the molecule is Nc1cnc(-c2c(Cl)cccc2Cl)c(CC(=O)O)c1. The van der Waals surface area contributed by atoms with Crippen LogP contribution in [0.1, 0.15) is 5.56 Å². The summed E-state index contributed by atoms with van der Waals surface area (Å²) < 4.78 is 0. The summed E-state index contributed by atoms with van der Waals surface area (Å²) in [4.78, 5) is 15.1. The minimum Gasteiger partial charge on any atom is -0.481 e. The van der Waals surface area contributed by atoms with Crippen LogP contribution in [0.2, 0.25) is 10.0 Å². The van der Waals surface area contributed by atoms with Gasteiger partial charge in [0.1, 0.15) is 0 Å². The van der Waals surface area contributed by atoms with Gasteiger partial charge < -0.3 is 10.8 Å². The van der Waals surface area contributed by atoms with Crippen LogP contribution >= 0.6 is 23.2 Å². The Morgan fingerprint density at radius 3 is 2.53 bits per heavy atom. The van der Waals surface area contributed by atoms with Crippen LogP contribution in [0.5, 0.6) is 0 Å². The fourth-order valence-corrected chi connectivity index (χ4v) is 2.35. The first-order chi connectivity index (χ1) is 8.99. The van der Waals surface area contributed by atoms with Crippen LogP contribution in [0.4, 0.5) is 5.69 Å². The highest BCUT2D eigenvalue weighted by atomic mass is 35.5. The Labute approximate surface area is 119 Å². The zero-order valence-electron chi connectivity index (χ0n) is 9.73. The molecule has 0 atom stereocenters. The summed E-state index contributed by atoms with van der Waals surface area (Å²) in [5, 5.41) is 9.76. The van der Waals surface area contributed by atoms with E-state index in [1.165, 1.54) is 6.20 Å². The van der Waals surface area contributed by atoms with Crippen molar-refractivity contribution >= 4 is 34.9 Å². The van der Waals surface area contributed by atoms with Crippen LogP contribution < -0.4 is 5.73 Å². The van der Waals surface area contributed by atoms with Gasteiger partial charge in [-0.2, -0.15) is 0 Å². The van der Waals surface area contributed by atoms with Gasteiger partial charge in [0, 0.05) is 5.56 Å². The molecule has 0 fully saturated rings. The summed E-state index contributed by atoms with van der Waals surface area (Å²) in [6.45, 7) is 0. The molecule has 3 N–H and O–H groups in total. The lowest BCUT2D eigenvalue weighted by Crippen LogP contribution is -2.04. The number of nitrogens with zero attached hydrogens (tertiary/aromatic N) is 1. The van der Waals surface area contributed by atoms with Crippen LogP contribution in [-0.2, 0) is 11.2 Å². The summed E-state index contributed by atoms with van der Waals surface area (Å²) in [7, 11) is 0. The second-order valence-corrected chi connectivity index (χ2v) is 4.76. The number of nitrogens with two attached hydrogens (primary N) is 1. The molecule has 0 amide bonds. The van der Waals surface area contributed by atoms with Gasteiger partial charge in [-0.05, 0) is 23.8 Å². The zero-order chi connectivity index (χ0) is 14.0. The van der Waals surface area contributed by atoms with Crippen LogP contribution in [0.15, 0.2) is 30.5 Å². The van der Waals surface area contributed by atoms with E-state index in [1.807, 2.05) is 0 Å². The van der Waals surface area contributed by atoms with Crippen LogP contribution in [0, 0.1) is 0 Å². The number of aromatic nitrogens is 1. The fourth-order valence-electron chi connectivity index (χ4n) is 1.78. The van der Waals surface area contributed by atoms with Crippen LogP contribution in [-0.4, -0.2) is 16.1 Å². The van der Waals surface area contributed by atoms with E-state index < -0.39 is 5.97 Å². The molecule has 4 nitrogen and oxygen atoms in total. The highest BCUT2D eigenvalue weighted by Gasteiger charge is 2.16. The van der Waals surface area contributed by atoms with Gasteiger partial charge in [-0.15, -0.1) is 0 Å². The van der Waals surface area contributed by atoms with Gasteiger partial charge in [0.15, 0.2) is 0 Å². The molecule has 0 saturated carbocycles. The number of hydrogen-bond donors (Lipinski definition) is 2. The lowest BCUT2D eigenvalue weighted by atomic mass is 10.0. The zero-order valence-corrected chi connectivity index (χ0v) is 11.2. The summed E-state index contributed by atoms with van der Waals surface area (Å²) in [5.41, 5.74) is 7.46. The smallest absolute Gasteiger partial charge is 0.307 e. The first-order valence-corrected chi connectivity index (χ1v) is 6.15. The van der Waals surface area contributed by atoms with Crippen molar-refractivity contribution in [3.05, 3.63) is 46.1 Å². The first kappa shape index (κ1) is 13.6. The van der Waals surface area contributed by atoms with E-state index >= 15 is 0 Å². The average Bonchev–Trinajstić information content (AvgIpc) is 2.30. The van der Waals surface area contributed by atoms with Crippen LogP contribution in [0.3, 0.4) is 0 Å². The van der Waals surface area contributed by atoms with E-state index in [0.29, 0.717) is 32.6 Å². The number of benzene rings is 1. The Morgan fingerprint density at radius 1 is 1.32 bits per heavy atom. The Balaban J connectivity index is 2.64. The van der Waals surface area contributed by atoms with Crippen molar-refractivity contribution in [3.63, 3.8) is 0 Å². The first-order valence-electron chi connectivity index (χ1n) is 5.39. The molecule has 1 aromatic heterocycles. The van der Waals surface area contributed by atoms with Crippen molar-refractivity contribution in [3.8, 4) is 11.3 Å². The van der Waals surface area contributed by atoms with Crippen molar-refractivity contribution in [1.82, 2.24) is 4.98 Å². The highest BCUT2D eigenvalue weighted by molar-refractivity contribution is 6.39. The Bertz CT molecular complexity index is 624. The van der Waals surface area contributed by atoms with Crippen molar-refractivity contribution in [2.75, 3.05) is 5.73 Å². The molecule has 0 aliphatic rings. The van der Waals surface area contributed by atoms with Gasteiger partial charge in [0.05, 0.1) is 34.0 Å². The molecule has 0 spiro atoms. The third-order valence-electron chi connectivity index (χ3n) is 2.53. The number of aliphatic carboxylic acids is 1. The number of nitrogen functional groups attached to an aromatic ring is 1. The molecular formula is C13H10Cl2N2O2. The molecule has 1 aromatic carbocycles. The van der Waals surface area contributed by atoms with Gasteiger partial charge in [-0.3, -0.25) is 9.78 Å². The van der Waals surface area contributed by atoms with Gasteiger partial charge >= 0.3 is 5.97 Å². The Hall–Kier alpha value is -1.78. The standard InChI is InChI=1S/C13H10Cl2N2O2/c14-9-2-1-3-10(15)12(9)13-7(5-11(18)19)4-8(16)6-17-13/h1-4,6H,5,16H2,(H,18,19). The van der Waals surface area contributed by atoms with Gasteiger partial charge in [0.2, 0.25) is 0 Å². The summed E-state index contributed by atoms with van der Waals surface area (Å²) in [6, 6.07) is 6.62. The number of carboxylic acid groups (broad SMARTS) is 1. The molecule has 2 rings (SSSR count). The van der Waals surface area contributed by atoms with E-state index in [1.54, 1.807) is 24.3 Å². The molecule has 2 aromatic rings. The molecule has 19 heavy (non-hydrogen) atoms. The third kappa shape index (κ3) is 2.97. The maximum absolute atomic E-state index is 10.9. The summed E-state index contributed by atoms with van der Waals surface area (Å²) >= 11 is 12.2. The summed E-state index contributed by atoms with van der Waals surface area (Å²) in [5.74, 6) is -0.975. The molecular weight excluding hydrogens is 287 g/mol. The number of carboxylic acids is 1. The molecule has 1 heterocycles. The van der Waals surface area contributed by atoms with E-state index in [2.05, 4.69) is 4.98 Å². The van der Waals surface area contributed by atoms with E-state index in [0.717, 1.165) is 0 Å². The minimum atomic E-state index is -0.975. The van der Waals surface area contributed by atoms with Gasteiger partial charge in [-0.25, -0.2) is 0 Å².